The van der Waals surface area contributed by atoms with Gasteiger partial charge in [0.25, 0.3) is 0 Å². The molecule has 0 amide bonds. The molecular formula is C33H33NO7S2. The highest BCUT2D eigenvalue weighted by Gasteiger charge is 2.38. The zero-order valence-electron chi connectivity index (χ0n) is 23.5. The number of benzene rings is 4. The first-order chi connectivity index (χ1) is 20.7. The van der Waals surface area contributed by atoms with Crippen molar-refractivity contribution in [1.82, 2.24) is 4.72 Å². The van der Waals surface area contributed by atoms with Crippen molar-refractivity contribution in [2.45, 2.75) is 48.4 Å². The van der Waals surface area contributed by atoms with Crippen LogP contribution in [0.25, 0.3) is 0 Å². The second kappa shape index (κ2) is 13.9. The molecule has 4 unspecified atom stereocenters. The number of ether oxygens (including phenoxy) is 2. The van der Waals surface area contributed by atoms with Gasteiger partial charge in [0.05, 0.1) is 29.3 Å². The number of aromatic carboxylic acids is 1. The average Bonchev–Trinajstić information content (AvgIpc) is 3.04. The highest BCUT2D eigenvalue weighted by atomic mass is 32.2. The second-order valence-corrected chi connectivity index (χ2v) is 13.2. The van der Waals surface area contributed by atoms with Crippen LogP contribution in [0.4, 0.5) is 0 Å². The van der Waals surface area contributed by atoms with Crippen molar-refractivity contribution in [3.8, 4) is 0 Å². The van der Waals surface area contributed by atoms with E-state index in [1.807, 2.05) is 48.5 Å². The lowest BCUT2D eigenvalue weighted by Crippen LogP contribution is -2.38. The number of carboxylic acids is 1. The van der Waals surface area contributed by atoms with Crippen LogP contribution in [-0.4, -0.2) is 36.5 Å². The summed E-state index contributed by atoms with van der Waals surface area (Å²) >= 11 is 1.59. The number of sulfonamides is 1. The number of hydrogen-bond donors (Lipinski definition) is 3. The fraction of sp³-hybridized carbons (Fsp3) is 0.242. The molecule has 0 bridgehead atoms. The predicted octanol–water partition coefficient (Wildman–Crippen LogP) is 5.94. The van der Waals surface area contributed by atoms with Crippen molar-refractivity contribution in [1.29, 1.82) is 0 Å². The number of hydrogen-bond acceptors (Lipinski definition) is 7. The zero-order chi connectivity index (χ0) is 30.4. The minimum atomic E-state index is -3.63. The maximum Gasteiger partial charge on any atom is 0.335 e. The Kier molecular flexibility index (Phi) is 9.97. The lowest BCUT2D eigenvalue weighted by molar-refractivity contribution is -0.268. The summed E-state index contributed by atoms with van der Waals surface area (Å²) in [6, 6.07) is 30.2. The maximum atomic E-state index is 12.6. The Morgan fingerprint density at radius 1 is 0.837 bits per heavy atom. The van der Waals surface area contributed by atoms with E-state index in [2.05, 4.69) is 11.6 Å². The fourth-order valence-corrected chi connectivity index (χ4v) is 6.94. The largest absolute Gasteiger partial charge is 0.478 e. The molecule has 1 aliphatic heterocycles. The van der Waals surface area contributed by atoms with Crippen LogP contribution in [-0.2, 0) is 32.6 Å². The van der Waals surface area contributed by atoms with E-state index in [1.165, 1.54) is 0 Å². The summed E-state index contributed by atoms with van der Waals surface area (Å²) in [5.41, 5.74) is 3.63. The third-order valence-corrected chi connectivity index (χ3v) is 9.93. The number of carbonyl (C=O) groups is 1. The van der Waals surface area contributed by atoms with Gasteiger partial charge in [0.2, 0.25) is 10.0 Å². The molecule has 1 aliphatic rings. The van der Waals surface area contributed by atoms with Crippen LogP contribution in [0.15, 0.2) is 113 Å². The van der Waals surface area contributed by atoms with E-state index in [1.54, 1.807) is 66.4 Å². The van der Waals surface area contributed by atoms with Gasteiger partial charge in [0.1, 0.15) is 0 Å². The molecule has 5 rings (SSSR count). The standard InChI is InChI=1S/C33H33NO7S2/c1-22-30(21-42-28-17-15-26(16-18-28)32(36)37)40-33(41-31(22)25-11-9-24(20-35)10-12-25)27-13-7-23(8-14-27)19-34-43(38,39)29-5-3-2-4-6-29/h2-18,22,30-31,33-35H,19-21H2,1H3,(H,36,37). The molecule has 4 aromatic rings. The van der Waals surface area contributed by atoms with Crippen molar-refractivity contribution in [3.63, 3.8) is 0 Å². The lowest BCUT2D eigenvalue weighted by Gasteiger charge is -2.41. The Morgan fingerprint density at radius 2 is 1.47 bits per heavy atom. The number of carboxylic acid groups (broad SMARTS) is 1. The molecule has 3 N–H and O–H groups in total. The first-order valence-corrected chi connectivity index (χ1v) is 16.3. The minimum absolute atomic E-state index is 0.00585. The smallest absolute Gasteiger partial charge is 0.335 e. The minimum Gasteiger partial charge on any atom is -0.478 e. The van der Waals surface area contributed by atoms with E-state index >= 15 is 0 Å². The van der Waals surface area contributed by atoms with Gasteiger partial charge in [-0.05, 0) is 53.1 Å². The molecule has 1 saturated heterocycles. The third-order valence-electron chi connectivity index (χ3n) is 7.41. The van der Waals surface area contributed by atoms with Crippen LogP contribution in [0.5, 0.6) is 0 Å². The summed E-state index contributed by atoms with van der Waals surface area (Å²) in [6.07, 6.45) is -1.12. The lowest BCUT2D eigenvalue weighted by atomic mass is 9.91. The van der Waals surface area contributed by atoms with Crippen LogP contribution < -0.4 is 4.72 Å². The van der Waals surface area contributed by atoms with Crippen molar-refractivity contribution < 1.29 is 32.9 Å². The number of aliphatic hydroxyl groups is 1. The quantitative estimate of drug-likeness (QED) is 0.176. The Hall–Kier alpha value is -3.51. The molecule has 0 spiro atoms. The summed E-state index contributed by atoms with van der Waals surface area (Å²) in [4.78, 5) is 12.4. The summed E-state index contributed by atoms with van der Waals surface area (Å²) in [5.74, 6) is -0.345. The molecule has 0 radical (unpaired) electrons. The van der Waals surface area contributed by atoms with Gasteiger partial charge in [-0.3, -0.25) is 0 Å². The SMILES string of the molecule is CC1C(CSc2ccc(C(=O)O)cc2)OC(c2ccc(CNS(=O)(=O)c3ccccc3)cc2)OC1c1ccc(CO)cc1. The molecule has 43 heavy (non-hydrogen) atoms. The molecular weight excluding hydrogens is 586 g/mol. The van der Waals surface area contributed by atoms with Gasteiger partial charge >= 0.3 is 5.97 Å². The van der Waals surface area contributed by atoms with E-state index in [4.69, 9.17) is 9.47 Å². The van der Waals surface area contributed by atoms with Gasteiger partial charge in [-0.2, -0.15) is 0 Å². The molecule has 4 aromatic carbocycles. The number of rotatable bonds is 11. The molecule has 10 heteroatoms. The van der Waals surface area contributed by atoms with E-state index in [0.717, 1.165) is 27.1 Å². The van der Waals surface area contributed by atoms with Crippen LogP contribution >= 0.6 is 11.8 Å². The van der Waals surface area contributed by atoms with E-state index in [0.29, 0.717) is 5.75 Å². The van der Waals surface area contributed by atoms with Gasteiger partial charge in [0, 0.05) is 28.7 Å². The average molecular weight is 620 g/mol. The van der Waals surface area contributed by atoms with Gasteiger partial charge in [-0.1, -0.05) is 73.7 Å². The highest BCUT2D eigenvalue weighted by Crippen LogP contribution is 2.43. The summed E-state index contributed by atoms with van der Waals surface area (Å²) in [7, 11) is -3.63. The molecule has 0 saturated carbocycles. The monoisotopic (exact) mass is 619 g/mol. The van der Waals surface area contributed by atoms with Crippen molar-refractivity contribution >= 4 is 27.8 Å². The number of aliphatic hydroxyl groups excluding tert-OH is 1. The Morgan fingerprint density at radius 3 is 2.09 bits per heavy atom. The van der Waals surface area contributed by atoms with Crippen LogP contribution in [0, 0.1) is 5.92 Å². The summed E-state index contributed by atoms with van der Waals surface area (Å²) < 4.78 is 40.9. The number of thioether (sulfide) groups is 1. The first kappa shape index (κ1) is 30.9. The Bertz CT molecular complexity index is 1610. The summed E-state index contributed by atoms with van der Waals surface area (Å²) in [6.45, 7) is 2.18. The molecule has 4 atom stereocenters. The fourth-order valence-electron chi connectivity index (χ4n) is 4.84. The second-order valence-electron chi connectivity index (χ2n) is 10.3. The first-order valence-electron chi connectivity index (χ1n) is 13.8. The zero-order valence-corrected chi connectivity index (χ0v) is 25.1. The van der Waals surface area contributed by atoms with Crippen LogP contribution in [0.1, 0.15) is 51.9 Å². The Labute approximate surface area is 255 Å². The predicted molar refractivity (Wildman–Crippen MR) is 164 cm³/mol. The maximum absolute atomic E-state index is 12.6. The molecule has 1 heterocycles. The van der Waals surface area contributed by atoms with Gasteiger partial charge < -0.3 is 19.7 Å². The van der Waals surface area contributed by atoms with E-state index in [-0.39, 0.29) is 41.7 Å². The normalized spacial score (nSPS) is 20.5. The Balaban J connectivity index is 1.31. The molecule has 224 valence electrons. The summed E-state index contributed by atoms with van der Waals surface area (Å²) in [5, 5.41) is 18.7. The third kappa shape index (κ3) is 7.72. The van der Waals surface area contributed by atoms with Gasteiger partial charge in [-0.25, -0.2) is 17.9 Å². The van der Waals surface area contributed by atoms with Crippen LogP contribution in [0.2, 0.25) is 0 Å². The van der Waals surface area contributed by atoms with E-state index in [9.17, 15) is 23.4 Å². The molecule has 0 aliphatic carbocycles. The van der Waals surface area contributed by atoms with E-state index < -0.39 is 22.3 Å². The van der Waals surface area contributed by atoms with Crippen molar-refractivity contribution in [3.05, 3.63) is 131 Å². The van der Waals surface area contributed by atoms with Gasteiger partial charge in [0.15, 0.2) is 6.29 Å². The molecule has 8 nitrogen and oxygen atoms in total. The molecule has 1 fully saturated rings. The topological polar surface area (TPSA) is 122 Å². The van der Waals surface area contributed by atoms with Crippen molar-refractivity contribution in [2.24, 2.45) is 5.92 Å². The highest BCUT2D eigenvalue weighted by molar-refractivity contribution is 7.99. The van der Waals surface area contributed by atoms with Crippen molar-refractivity contribution in [2.75, 3.05) is 5.75 Å². The molecule has 0 aromatic heterocycles. The number of nitrogens with one attached hydrogen (secondary N) is 1. The van der Waals surface area contributed by atoms with Gasteiger partial charge in [-0.15, -0.1) is 11.8 Å². The van der Waals surface area contributed by atoms with Crippen LogP contribution in [0.3, 0.4) is 0 Å².